The maximum Gasteiger partial charge on any atom is 0.219 e. The van der Waals surface area contributed by atoms with Gasteiger partial charge in [-0.25, -0.2) is 16.8 Å². The Morgan fingerprint density at radius 3 is 1.28 bits per heavy atom. The Morgan fingerprint density at radius 2 is 0.951 bits per heavy atom. The molecule has 61 heavy (non-hydrogen) atoms. The zero-order valence-electron chi connectivity index (χ0n) is 37.9. The number of allylic oxidation sites excluding steroid dienone is 12. The molecule has 0 spiro atoms. The van der Waals surface area contributed by atoms with Crippen molar-refractivity contribution in [2.45, 2.75) is 141 Å². The Morgan fingerprint density at radius 1 is 0.607 bits per heavy atom. The lowest BCUT2D eigenvalue weighted by molar-refractivity contribution is -0.109. The van der Waals surface area contributed by atoms with Crippen LogP contribution in [0.5, 0.6) is 0 Å². The minimum atomic E-state index is -3.83. The van der Waals surface area contributed by atoms with Crippen LogP contribution in [0.3, 0.4) is 0 Å². The Bertz CT molecular complexity index is 2230. The van der Waals surface area contributed by atoms with Gasteiger partial charge in [-0.2, -0.15) is 0 Å². The molecule has 0 amide bonds. The van der Waals surface area contributed by atoms with Gasteiger partial charge in [0, 0.05) is 0 Å². The second-order valence-corrected chi connectivity index (χ2v) is 23.6. The molecule has 0 saturated heterocycles. The maximum atomic E-state index is 14.0. The van der Waals surface area contributed by atoms with Gasteiger partial charge < -0.3 is 0 Å². The predicted molar refractivity (Wildman–Crippen MR) is 256 cm³/mol. The van der Waals surface area contributed by atoms with Crippen LogP contribution in [0.15, 0.2) is 164 Å². The normalized spacial score (nSPS) is 19.4. The molecule has 0 radical (unpaired) electrons. The Balaban J connectivity index is 1.55. The van der Waals surface area contributed by atoms with E-state index < -0.39 is 40.4 Å². The summed E-state index contributed by atoms with van der Waals surface area (Å²) in [5, 5.41) is -2.97. The first kappa shape index (κ1) is 49.6. The van der Waals surface area contributed by atoms with Gasteiger partial charge in [0.2, 0.25) is 10.2 Å². The molecule has 0 heterocycles. The molecule has 0 aromatic heterocycles. The molecule has 6 nitrogen and oxygen atoms in total. The van der Waals surface area contributed by atoms with Crippen molar-refractivity contribution in [1.29, 1.82) is 0 Å². The van der Waals surface area contributed by atoms with Crippen LogP contribution in [0, 0.1) is 10.8 Å². The van der Waals surface area contributed by atoms with Crippen LogP contribution in [0.25, 0.3) is 0 Å². The molecule has 328 valence electrons. The lowest BCUT2D eigenvalue weighted by Gasteiger charge is -2.33. The number of thioether (sulfide) groups is 1. The molecule has 2 unspecified atom stereocenters. The van der Waals surface area contributed by atoms with Crippen molar-refractivity contribution >= 4 is 41.7 Å². The lowest BCUT2D eigenvalue weighted by Crippen LogP contribution is -2.21. The monoisotopic (exact) mass is 882 g/mol. The van der Waals surface area contributed by atoms with E-state index in [1.165, 1.54) is 34.4 Å². The maximum absolute atomic E-state index is 14.0. The summed E-state index contributed by atoms with van der Waals surface area (Å²) in [5.74, 6) is 0. The number of sulfone groups is 2. The SMILES string of the molecule is CC1=C(/C=C/C(C)=C/C(C/C(C)=C/C(=O)SC(=O)/C=C(\C)CC(/C=C(C)/C=C/C2=C(C)CCCC2(C)C)S(=O)(=O)c2ccccc2)S(=O)(=O)c2ccccc2)C(C)(C)CCC1. The van der Waals surface area contributed by atoms with E-state index in [9.17, 15) is 26.4 Å². The van der Waals surface area contributed by atoms with Gasteiger partial charge in [0.05, 0.1) is 20.3 Å². The fourth-order valence-corrected chi connectivity index (χ4v) is 12.8. The second kappa shape index (κ2) is 21.4. The quantitative estimate of drug-likeness (QED) is 0.122. The summed E-state index contributed by atoms with van der Waals surface area (Å²) >= 11 is 0.501. The summed E-state index contributed by atoms with van der Waals surface area (Å²) in [4.78, 5) is 26.9. The van der Waals surface area contributed by atoms with Crippen molar-refractivity contribution in [3.8, 4) is 0 Å². The van der Waals surface area contributed by atoms with E-state index >= 15 is 0 Å². The third kappa shape index (κ3) is 14.0. The van der Waals surface area contributed by atoms with E-state index in [0.29, 0.717) is 22.9 Å². The number of carbonyl (C=O) groups is 2. The molecule has 9 heteroatoms. The molecule has 0 aliphatic heterocycles. The highest BCUT2D eigenvalue weighted by molar-refractivity contribution is 8.26. The van der Waals surface area contributed by atoms with Crippen molar-refractivity contribution in [1.82, 2.24) is 0 Å². The van der Waals surface area contributed by atoms with Crippen molar-refractivity contribution < 1.29 is 26.4 Å². The molecule has 2 aliphatic rings. The van der Waals surface area contributed by atoms with Gasteiger partial charge in [-0.3, -0.25) is 9.59 Å². The van der Waals surface area contributed by atoms with Crippen LogP contribution in [0.4, 0.5) is 0 Å². The molecular weight excluding hydrogens is 817 g/mol. The van der Waals surface area contributed by atoms with Crippen LogP contribution >= 0.6 is 11.8 Å². The smallest absolute Gasteiger partial charge is 0.219 e. The van der Waals surface area contributed by atoms with Gasteiger partial charge in [0.25, 0.3) is 0 Å². The number of benzene rings is 2. The fraction of sp³-hybridized carbons (Fsp3) is 0.423. The Labute approximate surface area is 371 Å². The average Bonchev–Trinajstić information content (AvgIpc) is 3.17. The molecule has 0 saturated carbocycles. The topological polar surface area (TPSA) is 102 Å². The fourth-order valence-electron chi connectivity index (χ4n) is 8.55. The summed E-state index contributed by atoms with van der Waals surface area (Å²) in [6.07, 6.45) is 21.0. The minimum absolute atomic E-state index is 0.0374. The number of hydrogen-bond donors (Lipinski definition) is 0. The summed E-state index contributed by atoms with van der Waals surface area (Å²) < 4.78 is 56.0. The molecule has 2 aromatic rings. The predicted octanol–water partition coefficient (Wildman–Crippen LogP) is 13.2. The summed E-state index contributed by atoms with van der Waals surface area (Å²) in [5.41, 5.74) is 7.95. The molecule has 0 N–H and O–H groups in total. The van der Waals surface area contributed by atoms with Crippen LogP contribution in [-0.2, 0) is 29.3 Å². The van der Waals surface area contributed by atoms with E-state index in [1.54, 1.807) is 86.7 Å². The van der Waals surface area contributed by atoms with Crippen LogP contribution < -0.4 is 0 Å². The molecule has 4 rings (SSSR count). The number of carbonyl (C=O) groups excluding carboxylic acids is 2. The van der Waals surface area contributed by atoms with Crippen LogP contribution in [0.1, 0.15) is 121 Å². The van der Waals surface area contributed by atoms with Gasteiger partial charge in [0.1, 0.15) is 0 Å². The van der Waals surface area contributed by atoms with E-state index in [-0.39, 0.29) is 33.5 Å². The van der Waals surface area contributed by atoms with E-state index in [4.69, 9.17) is 0 Å². The van der Waals surface area contributed by atoms with Gasteiger partial charge in [0.15, 0.2) is 19.7 Å². The number of rotatable bonds is 16. The summed E-state index contributed by atoms with van der Waals surface area (Å²) in [6.45, 7) is 20.5. The molecule has 0 fully saturated rings. The van der Waals surface area contributed by atoms with Crippen molar-refractivity contribution in [3.05, 3.63) is 154 Å². The third-order valence-electron chi connectivity index (χ3n) is 11.9. The number of hydrogen-bond acceptors (Lipinski definition) is 7. The zero-order valence-corrected chi connectivity index (χ0v) is 40.3. The van der Waals surface area contributed by atoms with Crippen molar-refractivity contribution in [2.75, 3.05) is 0 Å². The highest BCUT2D eigenvalue weighted by atomic mass is 32.2. The zero-order chi connectivity index (χ0) is 45.2. The lowest BCUT2D eigenvalue weighted by atomic mass is 9.72. The second-order valence-electron chi connectivity index (χ2n) is 18.3. The highest BCUT2D eigenvalue weighted by Crippen LogP contribution is 2.42. The van der Waals surface area contributed by atoms with Crippen molar-refractivity contribution in [2.24, 2.45) is 10.8 Å². The van der Waals surface area contributed by atoms with Crippen LogP contribution in [-0.4, -0.2) is 37.6 Å². The molecule has 2 atom stereocenters. The molecule has 2 aromatic carbocycles. The highest BCUT2D eigenvalue weighted by Gasteiger charge is 2.30. The van der Waals surface area contributed by atoms with Gasteiger partial charge in [-0.05, 0) is 163 Å². The molecule has 0 bridgehead atoms. The largest absolute Gasteiger partial charge is 0.282 e. The van der Waals surface area contributed by atoms with E-state index in [1.807, 2.05) is 26.0 Å². The first-order valence-corrected chi connectivity index (χ1v) is 25.3. The van der Waals surface area contributed by atoms with E-state index in [2.05, 4.69) is 53.7 Å². The molecular formula is C52H66O6S3. The summed E-state index contributed by atoms with van der Waals surface area (Å²) in [6, 6.07) is 16.6. The first-order chi connectivity index (χ1) is 28.5. The third-order valence-corrected chi connectivity index (χ3v) is 16.6. The standard InChI is InChI=1S/C52H66O6S3/c1-37(25-27-47-41(5)19-17-29-51(47,7)8)31-45(60(55,56)43-21-13-11-14-22-43)33-39(3)35-49(53)59-50(54)36-40(4)34-46(61(57,58)44-23-15-12-16-24-44)32-38(2)26-28-48-42(6)20-18-30-52(48,9)10/h11-16,21-28,31-32,35-36,45-46H,17-20,29-30,33-34H2,1-10H3/b27-25+,28-26+,37-31+,38-32+,39-35+,40-36+. The first-order valence-electron chi connectivity index (χ1n) is 21.3. The van der Waals surface area contributed by atoms with Gasteiger partial charge in [-0.15, -0.1) is 0 Å². The minimum Gasteiger partial charge on any atom is -0.282 e. The molecule has 2 aliphatic carbocycles. The van der Waals surface area contributed by atoms with Crippen molar-refractivity contribution in [3.63, 3.8) is 0 Å². The summed E-state index contributed by atoms with van der Waals surface area (Å²) in [7, 11) is -7.66. The van der Waals surface area contributed by atoms with Crippen LogP contribution in [0.2, 0.25) is 0 Å². The Hall–Kier alpha value is -4.05. The van der Waals surface area contributed by atoms with Gasteiger partial charge >= 0.3 is 0 Å². The van der Waals surface area contributed by atoms with E-state index in [0.717, 1.165) is 49.7 Å². The average molecular weight is 883 g/mol. The van der Waals surface area contributed by atoms with Gasteiger partial charge in [-0.1, -0.05) is 134 Å². The Kier molecular flexibility index (Phi) is 17.4.